The van der Waals surface area contributed by atoms with E-state index in [1.165, 1.54) is 6.92 Å². The van der Waals surface area contributed by atoms with Crippen molar-refractivity contribution in [3.63, 3.8) is 0 Å². The lowest BCUT2D eigenvalue weighted by molar-refractivity contribution is -0.386. The predicted molar refractivity (Wildman–Crippen MR) is 63.5 cm³/mol. The molecule has 1 heterocycles. The highest BCUT2D eigenvalue weighted by atomic mass is 35.5. The first-order valence-corrected chi connectivity index (χ1v) is 5.58. The molecule has 0 aliphatic carbocycles. The van der Waals surface area contributed by atoms with Crippen molar-refractivity contribution in [1.82, 2.24) is 4.98 Å². The molecule has 1 aromatic heterocycles. The number of rotatable bonds is 5. The maximum atomic E-state index is 11.2. The van der Waals surface area contributed by atoms with Crippen LogP contribution in [0, 0.1) is 10.1 Å². The van der Waals surface area contributed by atoms with Gasteiger partial charge in [0.1, 0.15) is 11.8 Å². The highest BCUT2D eigenvalue weighted by Gasteiger charge is 2.33. The van der Waals surface area contributed by atoms with Gasteiger partial charge in [0.25, 0.3) is 5.69 Å². The lowest BCUT2D eigenvalue weighted by atomic mass is 10.1. The second kappa shape index (κ2) is 6.41. The van der Waals surface area contributed by atoms with Crippen LogP contribution in [-0.4, -0.2) is 38.8 Å². The van der Waals surface area contributed by atoms with Crippen LogP contribution in [0.2, 0.25) is 5.02 Å². The molecule has 19 heavy (non-hydrogen) atoms. The monoisotopic (exact) mass is 290 g/mol. The average molecular weight is 291 g/mol. The van der Waals surface area contributed by atoms with Crippen molar-refractivity contribution in [2.45, 2.75) is 19.1 Å². The molecule has 0 aliphatic heterocycles. The number of aliphatic hydroxyl groups excluding tert-OH is 2. The maximum absolute atomic E-state index is 11.2. The Balaban J connectivity index is 3.08. The van der Waals surface area contributed by atoms with Gasteiger partial charge in [0, 0.05) is 12.3 Å². The van der Waals surface area contributed by atoms with Crippen LogP contribution in [-0.2, 0) is 9.53 Å². The van der Waals surface area contributed by atoms with E-state index in [0.29, 0.717) is 0 Å². The van der Waals surface area contributed by atoms with Crippen LogP contribution in [0.5, 0.6) is 0 Å². The molecule has 0 aliphatic rings. The Labute approximate surface area is 112 Å². The van der Waals surface area contributed by atoms with E-state index in [1.807, 2.05) is 0 Å². The van der Waals surface area contributed by atoms with Gasteiger partial charge in [-0.15, -0.1) is 0 Å². The number of aliphatic hydroxyl groups is 2. The van der Waals surface area contributed by atoms with Crippen molar-refractivity contribution < 1.29 is 24.7 Å². The number of ether oxygens (including phenoxy) is 1. The smallest absolute Gasteiger partial charge is 0.338 e. The Morgan fingerprint density at radius 3 is 2.79 bits per heavy atom. The number of hydrogen-bond donors (Lipinski definition) is 2. The Bertz CT molecular complexity index is 495. The minimum Gasteiger partial charge on any atom is -0.464 e. The van der Waals surface area contributed by atoms with E-state index in [0.717, 1.165) is 12.3 Å². The molecule has 1 aromatic rings. The van der Waals surface area contributed by atoms with E-state index < -0.39 is 34.5 Å². The third-order valence-corrected chi connectivity index (χ3v) is 2.37. The predicted octanol–water partition coefficient (Wildman–Crippen LogP) is 0.601. The molecule has 0 saturated heterocycles. The second-order valence-electron chi connectivity index (χ2n) is 3.46. The summed E-state index contributed by atoms with van der Waals surface area (Å²) >= 11 is 5.55. The minimum absolute atomic E-state index is 0.00124. The molecule has 8 nitrogen and oxygen atoms in total. The molecule has 0 radical (unpaired) electrons. The fourth-order valence-electron chi connectivity index (χ4n) is 1.32. The Morgan fingerprint density at radius 1 is 1.63 bits per heavy atom. The first kappa shape index (κ1) is 15.3. The maximum Gasteiger partial charge on any atom is 0.338 e. The van der Waals surface area contributed by atoms with Gasteiger partial charge in [-0.3, -0.25) is 10.1 Å². The number of halogens is 1. The molecular weight excluding hydrogens is 280 g/mol. The zero-order chi connectivity index (χ0) is 14.6. The van der Waals surface area contributed by atoms with Crippen molar-refractivity contribution in [3.8, 4) is 0 Å². The van der Waals surface area contributed by atoms with Gasteiger partial charge in [-0.2, -0.15) is 0 Å². The molecule has 0 saturated carbocycles. The topological polar surface area (TPSA) is 123 Å². The SMILES string of the molecule is CCOC(=O)C(O)C(O)c1ncc(Cl)cc1[N+](=O)[O-]. The summed E-state index contributed by atoms with van der Waals surface area (Å²) in [5, 5.41) is 30.1. The Kier molecular flexibility index (Phi) is 5.16. The average Bonchev–Trinajstić information content (AvgIpc) is 2.37. The number of esters is 1. The van der Waals surface area contributed by atoms with E-state index in [-0.39, 0.29) is 11.6 Å². The van der Waals surface area contributed by atoms with E-state index in [9.17, 15) is 25.1 Å². The Hall–Kier alpha value is -1.77. The van der Waals surface area contributed by atoms with Crippen LogP contribution in [0.15, 0.2) is 12.3 Å². The van der Waals surface area contributed by atoms with Gasteiger partial charge in [-0.05, 0) is 6.92 Å². The molecule has 2 unspecified atom stereocenters. The summed E-state index contributed by atoms with van der Waals surface area (Å²) in [6.07, 6.45) is -2.78. The number of aromatic nitrogens is 1. The molecule has 0 amide bonds. The first-order valence-electron chi connectivity index (χ1n) is 5.21. The summed E-state index contributed by atoms with van der Waals surface area (Å²) in [7, 11) is 0. The molecule has 2 N–H and O–H groups in total. The standard InChI is InChI=1S/C10H11ClN2O6/c1-2-19-10(16)9(15)8(14)7-6(13(17)18)3-5(11)4-12-7/h3-4,8-9,14-15H,2H2,1H3. The Morgan fingerprint density at radius 2 is 2.26 bits per heavy atom. The third-order valence-electron chi connectivity index (χ3n) is 2.17. The number of nitrogens with zero attached hydrogens (tertiary/aromatic N) is 2. The largest absolute Gasteiger partial charge is 0.464 e. The number of hydrogen-bond acceptors (Lipinski definition) is 7. The first-order chi connectivity index (χ1) is 8.88. The molecule has 0 aromatic carbocycles. The molecule has 0 bridgehead atoms. The van der Waals surface area contributed by atoms with Crippen LogP contribution in [0.1, 0.15) is 18.7 Å². The molecule has 9 heteroatoms. The molecule has 1 rings (SSSR count). The molecule has 0 spiro atoms. The molecular formula is C10H11ClN2O6. The van der Waals surface area contributed by atoms with Crippen LogP contribution < -0.4 is 0 Å². The summed E-state index contributed by atoms with van der Waals surface area (Å²) in [4.78, 5) is 24.8. The van der Waals surface area contributed by atoms with Gasteiger partial charge < -0.3 is 14.9 Å². The van der Waals surface area contributed by atoms with E-state index in [4.69, 9.17) is 11.6 Å². The summed E-state index contributed by atoms with van der Waals surface area (Å²) in [6.45, 7) is 1.51. The lowest BCUT2D eigenvalue weighted by Crippen LogP contribution is -2.30. The minimum atomic E-state index is -1.97. The molecule has 0 fully saturated rings. The van der Waals surface area contributed by atoms with E-state index in [1.54, 1.807) is 0 Å². The van der Waals surface area contributed by atoms with E-state index >= 15 is 0 Å². The highest BCUT2D eigenvalue weighted by molar-refractivity contribution is 6.30. The van der Waals surface area contributed by atoms with Gasteiger partial charge in [0.2, 0.25) is 0 Å². The zero-order valence-electron chi connectivity index (χ0n) is 9.82. The molecule has 2 atom stereocenters. The van der Waals surface area contributed by atoms with Crippen molar-refractivity contribution >= 4 is 23.3 Å². The second-order valence-corrected chi connectivity index (χ2v) is 3.89. The number of pyridine rings is 1. The van der Waals surface area contributed by atoms with Gasteiger partial charge in [-0.25, -0.2) is 9.78 Å². The van der Waals surface area contributed by atoms with Crippen LogP contribution in [0.4, 0.5) is 5.69 Å². The third kappa shape index (κ3) is 3.60. The van der Waals surface area contributed by atoms with Gasteiger partial charge in [0.05, 0.1) is 16.6 Å². The normalized spacial score (nSPS) is 13.7. The quantitative estimate of drug-likeness (QED) is 0.462. The number of nitro groups is 1. The van der Waals surface area contributed by atoms with Gasteiger partial charge in [0.15, 0.2) is 6.10 Å². The fraction of sp³-hybridized carbons (Fsp3) is 0.400. The number of carbonyl (C=O) groups is 1. The summed E-state index contributed by atoms with van der Waals surface area (Å²) in [5.74, 6) is -1.10. The van der Waals surface area contributed by atoms with Crippen molar-refractivity contribution in [1.29, 1.82) is 0 Å². The lowest BCUT2D eigenvalue weighted by Gasteiger charge is -2.15. The summed E-state index contributed by atoms with van der Waals surface area (Å²) < 4.78 is 4.50. The van der Waals surface area contributed by atoms with Crippen molar-refractivity contribution in [2.24, 2.45) is 0 Å². The summed E-state index contributed by atoms with van der Waals surface area (Å²) in [5.41, 5.74) is -1.06. The zero-order valence-corrected chi connectivity index (χ0v) is 10.6. The fourth-order valence-corrected chi connectivity index (χ4v) is 1.47. The van der Waals surface area contributed by atoms with Crippen LogP contribution >= 0.6 is 11.6 Å². The van der Waals surface area contributed by atoms with Gasteiger partial charge in [-0.1, -0.05) is 11.6 Å². The van der Waals surface area contributed by atoms with Crippen molar-refractivity contribution in [2.75, 3.05) is 6.61 Å². The highest BCUT2D eigenvalue weighted by Crippen LogP contribution is 2.28. The summed E-state index contributed by atoms with van der Waals surface area (Å²) in [6, 6.07) is 0.963. The van der Waals surface area contributed by atoms with Crippen LogP contribution in [0.25, 0.3) is 0 Å². The van der Waals surface area contributed by atoms with E-state index in [2.05, 4.69) is 9.72 Å². The van der Waals surface area contributed by atoms with Crippen LogP contribution in [0.3, 0.4) is 0 Å². The van der Waals surface area contributed by atoms with Crippen molar-refractivity contribution in [3.05, 3.63) is 33.1 Å². The number of carbonyl (C=O) groups excluding carboxylic acids is 1. The van der Waals surface area contributed by atoms with Gasteiger partial charge >= 0.3 is 5.97 Å². The molecule has 104 valence electrons.